The van der Waals surface area contributed by atoms with E-state index in [0.29, 0.717) is 11.6 Å². The van der Waals surface area contributed by atoms with E-state index in [1.54, 1.807) is 21.9 Å². The van der Waals surface area contributed by atoms with E-state index < -0.39 is 6.04 Å². The fourth-order valence-electron chi connectivity index (χ4n) is 3.34. The minimum atomic E-state index is -0.628. The number of hydrogen-bond acceptors (Lipinski definition) is 2. The Morgan fingerprint density at radius 3 is 2.42 bits per heavy atom. The smallest absolute Gasteiger partial charge is 0.250 e. The highest BCUT2D eigenvalue weighted by Gasteiger charge is 2.41. The normalized spacial score (nSPS) is 18.0. The fraction of sp³-hybridized carbons (Fsp3) is 0.333. The molecule has 2 aromatic carbocycles. The monoisotopic (exact) mass is 370 g/mol. The molecule has 136 valence electrons. The standard InChI is InChI=1S/C21H23ClN2O2/c1-14(2)23-13-19(25)24(12-16-6-4-5-15(3)11-16)20(21(23)26)17-7-9-18(22)10-8-17/h4-11,14,20H,12-13H2,1-3H3. The van der Waals surface area contributed by atoms with Crippen LogP contribution in [0.15, 0.2) is 48.5 Å². The molecule has 4 nitrogen and oxygen atoms in total. The molecule has 0 bridgehead atoms. The highest BCUT2D eigenvalue weighted by molar-refractivity contribution is 6.30. The van der Waals surface area contributed by atoms with Gasteiger partial charge in [0, 0.05) is 17.6 Å². The van der Waals surface area contributed by atoms with E-state index in [9.17, 15) is 9.59 Å². The summed E-state index contributed by atoms with van der Waals surface area (Å²) in [6.45, 7) is 6.41. The third kappa shape index (κ3) is 3.75. The van der Waals surface area contributed by atoms with E-state index in [2.05, 4.69) is 0 Å². The second-order valence-electron chi connectivity index (χ2n) is 7.02. The number of carbonyl (C=O) groups is 2. The fourth-order valence-corrected chi connectivity index (χ4v) is 3.47. The van der Waals surface area contributed by atoms with Crippen LogP contribution in [0.3, 0.4) is 0 Å². The van der Waals surface area contributed by atoms with Crippen molar-refractivity contribution in [2.24, 2.45) is 0 Å². The predicted molar refractivity (Wildman–Crippen MR) is 103 cm³/mol. The number of hydrogen-bond donors (Lipinski definition) is 0. The van der Waals surface area contributed by atoms with Crippen molar-refractivity contribution in [3.63, 3.8) is 0 Å². The van der Waals surface area contributed by atoms with Gasteiger partial charge in [-0.1, -0.05) is 53.6 Å². The lowest BCUT2D eigenvalue weighted by atomic mass is 9.99. The molecule has 1 aliphatic rings. The van der Waals surface area contributed by atoms with E-state index in [1.807, 2.05) is 57.2 Å². The second kappa shape index (κ2) is 7.50. The number of halogens is 1. The molecule has 0 saturated carbocycles. The Bertz CT molecular complexity index is 817. The molecule has 1 saturated heterocycles. The van der Waals surface area contributed by atoms with Gasteiger partial charge >= 0.3 is 0 Å². The third-order valence-corrected chi connectivity index (χ3v) is 4.95. The molecule has 0 aromatic heterocycles. The summed E-state index contributed by atoms with van der Waals surface area (Å²) in [5.41, 5.74) is 2.93. The molecule has 0 aliphatic carbocycles. The van der Waals surface area contributed by atoms with Gasteiger partial charge in [0.25, 0.3) is 5.91 Å². The summed E-state index contributed by atoms with van der Waals surface area (Å²) in [6, 6.07) is 14.5. The topological polar surface area (TPSA) is 40.6 Å². The van der Waals surface area contributed by atoms with Crippen molar-refractivity contribution in [1.29, 1.82) is 0 Å². The van der Waals surface area contributed by atoms with Crippen LogP contribution in [-0.4, -0.2) is 34.2 Å². The van der Waals surface area contributed by atoms with Gasteiger partial charge in [0.1, 0.15) is 12.6 Å². The SMILES string of the molecule is Cc1cccc(CN2C(=O)CN(C(C)C)C(=O)C2c2ccc(Cl)cc2)c1. The molecule has 5 heteroatoms. The summed E-state index contributed by atoms with van der Waals surface area (Å²) in [4.78, 5) is 29.4. The Morgan fingerprint density at radius 1 is 1.12 bits per heavy atom. The van der Waals surface area contributed by atoms with Crippen molar-refractivity contribution in [2.45, 2.75) is 39.4 Å². The highest BCUT2D eigenvalue weighted by Crippen LogP contribution is 2.31. The van der Waals surface area contributed by atoms with Crippen LogP contribution >= 0.6 is 11.6 Å². The number of aryl methyl sites for hydroxylation is 1. The van der Waals surface area contributed by atoms with Crippen LogP contribution in [0, 0.1) is 6.92 Å². The zero-order valence-electron chi connectivity index (χ0n) is 15.3. The summed E-state index contributed by atoms with van der Waals surface area (Å²) >= 11 is 6.00. The lowest BCUT2D eigenvalue weighted by Crippen LogP contribution is -2.56. The summed E-state index contributed by atoms with van der Waals surface area (Å²) in [6.07, 6.45) is 0. The van der Waals surface area contributed by atoms with Crippen molar-refractivity contribution in [3.05, 3.63) is 70.2 Å². The Kier molecular flexibility index (Phi) is 5.33. The number of nitrogens with zero attached hydrogens (tertiary/aromatic N) is 2. The van der Waals surface area contributed by atoms with E-state index in [4.69, 9.17) is 11.6 Å². The highest BCUT2D eigenvalue weighted by atomic mass is 35.5. The van der Waals surface area contributed by atoms with Crippen LogP contribution in [0.1, 0.15) is 36.6 Å². The molecule has 1 fully saturated rings. The molecular weight excluding hydrogens is 348 g/mol. The molecule has 1 aliphatic heterocycles. The molecule has 0 radical (unpaired) electrons. The Labute approximate surface area is 159 Å². The van der Waals surface area contributed by atoms with Crippen molar-refractivity contribution >= 4 is 23.4 Å². The number of rotatable bonds is 4. The minimum Gasteiger partial charge on any atom is -0.329 e. The molecule has 0 spiro atoms. The number of carbonyl (C=O) groups excluding carboxylic acids is 2. The van der Waals surface area contributed by atoms with E-state index in [1.165, 1.54) is 0 Å². The van der Waals surface area contributed by atoms with Gasteiger partial charge in [-0.05, 0) is 44.0 Å². The maximum absolute atomic E-state index is 13.2. The molecule has 1 unspecified atom stereocenters. The first-order valence-electron chi connectivity index (χ1n) is 8.78. The van der Waals surface area contributed by atoms with Crippen LogP contribution in [0.2, 0.25) is 5.02 Å². The van der Waals surface area contributed by atoms with Gasteiger partial charge in [-0.25, -0.2) is 0 Å². The van der Waals surface area contributed by atoms with Gasteiger partial charge in [-0.2, -0.15) is 0 Å². The van der Waals surface area contributed by atoms with Crippen LogP contribution in [-0.2, 0) is 16.1 Å². The zero-order valence-corrected chi connectivity index (χ0v) is 16.0. The minimum absolute atomic E-state index is 0.0256. The predicted octanol–water partition coefficient (Wildman–Crippen LogP) is 3.97. The summed E-state index contributed by atoms with van der Waals surface area (Å²) in [5.74, 6) is -0.0886. The van der Waals surface area contributed by atoms with Gasteiger partial charge in [0.05, 0.1) is 0 Å². The molecule has 26 heavy (non-hydrogen) atoms. The Hall–Kier alpha value is -2.33. The number of benzene rings is 2. The van der Waals surface area contributed by atoms with Crippen molar-refractivity contribution in [3.8, 4) is 0 Å². The van der Waals surface area contributed by atoms with Gasteiger partial charge < -0.3 is 9.80 Å². The van der Waals surface area contributed by atoms with Gasteiger partial charge in [-0.15, -0.1) is 0 Å². The first kappa shape index (κ1) is 18.5. The maximum Gasteiger partial charge on any atom is 0.250 e. The summed E-state index contributed by atoms with van der Waals surface area (Å²) in [7, 11) is 0. The van der Waals surface area contributed by atoms with Crippen molar-refractivity contribution in [2.75, 3.05) is 6.54 Å². The zero-order chi connectivity index (χ0) is 18.8. The Morgan fingerprint density at radius 2 is 1.81 bits per heavy atom. The molecule has 1 atom stereocenters. The lowest BCUT2D eigenvalue weighted by Gasteiger charge is -2.42. The first-order chi connectivity index (χ1) is 12.4. The first-order valence-corrected chi connectivity index (χ1v) is 9.15. The maximum atomic E-state index is 13.2. The largest absolute Gasteiger partial charge is 0.329 e. The molecule has 2 amide bonds. The molecule has 1 heterocycles. The molecule has 0 N–H and O–H groups in total. The third-order valence-electron chi connectivity index (χ3n) is 4.70. The Balaban J connectivity index is 1.99. The van der Waals surface area contributed by atoms with Gasteiger partial charge in [-0.3, -0.25) is 9.59 Å². The second-order valence-corrected chi connectivity index (χ2v) is 7.46. The summed E-state index contributed by atoms with van der Waals surface area (Å²) < 4.78 is 0. The average Bonchev–Trinajstić information content (AvgIpc) is 2.59. The molecule has 2 aromatic rings. The van der Waals surface area contributed by atoms with Crippen LogP contribution in [0.25, 0.3) is 0 Å². The van der Waals surface area contributed by atoms with E-state index >= 15 is 0 Å². The summed E-state index contributed by atoms with van der Waals surface area (Å²) in [5, 5.41) is 0.606. The van der Waals surface area contributed by atoms with Crippen LogP contribution in [0.5, 0.6) is 0 Å². The van der Waals surface area contributed by atoms with Crippen molar-refractivity contribution in [1.82, 2.24) is 9.80 Å². The quantitative estimate of drug-likeness (QED) is 0.817. The molecular formula is C21H23ClN2O2. The molecule has 3 rings (SSSR count). The van der Waals surface area contributed by atoms with Gasteiger partial charge in [0.15, 0.2) is 0 Å². The van der Waals surface area contributed by atoms with Crippen LogP contribution in [0.4, 0.5) is 0 Å². The van der Waals surface area contributed by atoms with E-state index in [-0.39, 0.29) is 24.4 Å². The number of amides is 2. The average molecular weight is 371 g/mol. The lowest BCUT2D eigenvalue weighted by molar-refractivity contribution is -0.158. The van der Waals surface area contributed by atoms with Crippen molar-refractivity contribution < 1.29 is 9.59 Å². The number of piperazine rings is 1. The van der Waals surface area contributed by atoms with Gasteiger partial charge in [0.2, 0.25) is 5.91 Å². The van der Waals surface area contributed by atoms with E-state index in [0.717, 1.165) is 16.7 Å². The van der Waals surface area contributed by atoms with Crippen LogP contribution < -0.4 is 0 Å².